The van der Waals surface area contributed by atoms with Crippen LogP contribution in [-0.4, -0.2) is 35.0 Å². The van der Waals surface area contributed by atoms with Crippen molar-refractivity contribution >= 4 is 27.4 Å². The van der Waals surface area contributed by atoms with E-state index in [9.17, 15) is 0 Å². The monoisotopic (exact) mass is 262 g/mol. The number of hydrogen-bond acceptors (Lipinski definition) is 5. The lowest BCUT2D eigenvalue weighted by Gasteiger charge is -2.22. The van der Waals surface area contributed by atoms with E-state index in [0.717, 1.165) is 42.5 Å². The molecular formula is C13H18N4S. The van der Waals surface area contributed by atoms with Crippen molar-refractivity contribution in [2.24, 2.45) is 0 Å². The molecule has 2 aromatic heterocycles. The maximum Gasteiger partial charge on any atom is 0.138 e. The molecule has 1 N–H and O–H groups in total. The minimum Gasteiger partial charge on any atom is -0.370 e. The number of likely N-dealkylation sites (N-methyl/N-ethyl adjacent to an activating group) is 1. The lowest BCUT2D eigenvalue weighted by atomic mass is 10.1. The molecule has 0 saturated heterocycles. The third kappa shape index (κ3) is 1.87. The van der Waals surface area contributed by atoms with Gasteiger partial charge in [-0.25, -0.2) is 9.97 Å². The Balaban J connectivity index is 2.22. The molecule has 2 aromatic rings. The van der Waals surface area contributed by atoms with Gasteiger partial charge in [0.25, 0.3) is 0 Å². The van der Waals surface area contributed by atoms with Crippen molar-refractivity contribution in [3.63, 3.8) is 0 Å². The van der Waals surface area contributed by atoms with Crippen molar-refractivity contribution in [1.29, 1.82) is 0 Å². The Morgan fingerprint density at radius 2 is 2.22 bits per heavy atom. The molecule has 0 amide bonds. The van der Waals surface area contributed by atoms with E-state index in [-0.39, 0.29) is 0 Å². The minimum atomic E-state index is 0.852. The predicted molar refractivity (Wildman–Crippen MR) is 76.4 cm³/mol. The number of aryl methyl sites for hydroxylation is 1. The van der Waals surface area contributed by atoms with Crippen LogP contribution < -0.4 is 5.32 Å². The summed E-state index contributed by atoms with van der Waals surface area (Å²) in [5, 5.41) is 4.64. The molecule has 96 valence electrons. The molecule has 0 unspecified atom stereocenters. The summed E-state index contributed by atoms with van der Waals surface area (Å²) >= 11 is 1.82. The van der Waals surface area contributed by atoms with Crippen LogP contribution in [0.2, 0.25) is 0 Å². The summed E-state index contributed by atoms with van der Waals surface area (Å²) < 4.78 is 0. The first-order valence-corrected chi connectivity index (χ1v) is 7.22. The van der Waals surface area contributed by atoms with Crippen molar-refractivity contribution in [2.75, 3.05) is 25.5 Å². The van der Waals surface area contributed by atoms with Crippen LogP contribution in [0.4, 0.5) is 5.82 Å². The summed E-state index contributed by atoms with van der Waals surface area (Å²) in [6, 6.07) is 0. The number of nitrogens with one attached hydrogen (secondary N) is 1. The summed E-state index contributed by atoms with van der Waals surface area (Å²) in [6.45, 7) is 7.14. The highest BCUT2D eigenvalue weighted by Gasteiger charge is 2.22. The van der Waals surface area contributed by atoms with Gasteiger partial charge in [-0.05, 0) is 32.9 Å². The van der Waals surface area contributed by atoms with Crippen molar-refractivity contribution in [3.05, 3.63) is 16.3 Å². The molecule has 0 bridgehead atoms. The van der Waals surface area contributed by atoms with E-state index in [4.69, 9.17) is 0 Å². The summed E-state index contributed by atoms with van der Waals surface area (Å²) in [5.41, 5.74) is 1.46. The van der Waals surface area contributed by atoms with Crippen LogP contribution in [0.1, 0.15) is 23.2 Å². The first-order chi connectivity index (χ1) is 8.69. The first kappa shape index (κ1) is 11.9. The molecule has 1 aliphatic rings. The van der Waals surface area contributed by atoms with Crippen LogP contribution in [0.3, 0.4) is 0 Å². The number of nitrogens with zero attached hydrogens (tertiary/aromatic N) is 3. The SMILES string of the molecule is CCNc1nc(C)nc2sc3c(c12)CCN(C)C3. The fraction of sp³-hybridized carbons (Fsp3) is 0.538. The van der Waals surface area contributed by atoms with Gasteiger partial charge in [-0.2, -0.15) is 0 Å². The summed E-state index contributed by atoms with van der Waals surface area (Å²) in [5.74, 6) is 1.87. The van der Waals surface area contributed by atoms with Crippen LogP contribution >= 0.6 is 11.3 Å². The molecule has 0 aliphatic carbocycles. The molecule has 0 aromatic carbocycles. The maximum atomic E-state index is 4.60. The van der Waals surface area contributed by atoms with Crippen molar-refractivity contribution in [2.45, 2.75) is 26.8 Å². The number of fused-ring (bicyclic) bond motifs is 3. The van der Waals surface area contributed by atoms with E-state index >= 15 is 0 Å². The molecule has 0 radical (unpaired) electrons. The fourth-order valence-electron chi connectivity index (χ4n) is 2.52. The number of rotatable bonds is 2. The van der Waals surface area contributed by atoms with Gasteiger partial charge < -0.3 is 10.2 Å². The molecule has 3 rings (SSSR count). The van der Waals surface area contributed by atoms with Gasteiger partial charge in [-0.15, -0.1) is 11.3 Å². The van der Waals surface area contributed by atoms with Crippen LogP contribution in [0, 0.1) is 6.92 Å². The van der Waals surface area contributed by atoms with E-state index in [0.29, 0.717) is 0 Å². The molecule has 18 heavy (non-hydrogen) atoms. The predicted octanol–water partition coefficient (Wildman–Crippen LogP) is 2.42. The smallest absolute Gasteiger partial charge is 0.138 e. The van der Waals surface area contributed by atoms with E-state index in [1.54, 1.807) is 0 Å². The molecular weight excluding hydrogens is 244 g/mol. The molecule has 0 atom stereocenters. The summed E-state index contributed by atoms with van der Waals surface area (Å²) in [7, 11) is 2.18. The van der Waals surface area contributed by atoms with Gasteiger partial charge in [0.1, 0.15) is 16.5 Å². The highest BCUT2D eigenvalue weighted by atomic mass is 32.1. The number of anilines is 1. The van der Waals surface area contributed by atoms with Crippen LogP contribution in [0.15, 0.2) is 0 Å². The average molecular weight is 262 g/mol. The third-order valence-electron chi connectivity index (χ3n) is 3.35. The largest absolute Gasteiger partial charge is 0.370 e. The van der Waals surface area contributed by atoms with Gasteiger partial charge in [-0.1, -0.05) is 0 Å². The highest BCUT2D eigenvalue weighted by molar-refractivity contribution is 7.19. The summed E-state index contributed by atoms with van der Waals surface area (Å²) in [6.07, 6.45) is 1.11. The number of aromatic nitrogens is 2. The Morgan fingerprint density at radius 1 is 1.39 bits per heavy atom. The second kappa shape index (κ2) is 4.48. The molecule has 0 saturated carbocycles. The van der Waals surface area contributed by atoms with Gasteiger partial charge in [0.15, 0.2) is 0 Å². The first-order valence-electron chi connectivity index (χ1n) is 6.40. The Kier molecular flexibility index (Phi) is 2.95. The Bertz CT molecular complexity index is 590. The van der Waals surface area contributed by atoms with Gasteiger partial charge in [0, 0.05) is 24.5 Å². The van der Waals surface area contributed by atoms with E-state index in [2.05, 4.69) is 34.2 Å². The molecule has 4 nitrogen and oxygen atoms in total. The quantitative estimate of drug-likeness (QED) is 0.902. The zero-order chi connectivity index (χ0) is 12.7. The van der Waals surface area contributed by atoms with E-state index in [1.165, 1.54) is 15.8 Å². The standard InChI is InChI=1S/C13H18N4S/c1-4-14-12-11-9-5-6-17(3)7-10(9)18-13(11)16-8(2)15-12/h4-7H2,1-3H3,(H,14,15,16). The lowest BCUT2D eigenvalue weighted by molar-refractivity contribution is 0.318. The van der Waals surface area contributed by atoms with Crippen molar-refractivity contribution in [1.82, 2.24) is 14.9 Å². The Morgan fingerprint density at radius 3 is 3.00 bits per heavy atom. The lowest BCUT2D eigenvalue weighted by Crippen LogP contribution is -2.25. The second-order valence-corrected chi connectivity index (χ2v) is 5.91. The number of hydrogen-bond donors (Lipinski definition) is 1. The molecule has 5 heteroatoms. The zero-order valence-electron chi connectivity index (χ0n) is 11.1. The van der Waals surface area contributed by atoms with Crippen molar-refractivity contribution in [3.8, 4) is 0 Å². The highest BCUT2D eigenvalue weighted by Crippen LogP contribution is 2.37. The Labute approximate surface area is 111 Å². The van der Waals surface area contributed by atoms with E-state index < -0.39 is 0 Å². The van der Waals surface area contributed by atoms with Crippen LogP contribution in [0.5, 0.6) is 0 Å². The van der Waals surface area contributed by atoms with Gasteiger partial charge in [0.2, 0.25) is 0 Å². The molecule has 3 heterocycles. The maximum absolute atomic E-state index is 4.60. The molecule has 0 spiro atoms. The van der Waals surface area contributed by atoms with Crippen LogP contribution in [-0.2, 0) is 13.0 Å². The topological polar surface area (TPSA) is 41.1 Å². The zero-order valence-corrected chi connectivity index (χ0v) is 11.9. The van der Waals surface area contributed by atoms with E-state index in [1.807, 2.05) is 18.3 Å². The minimum absolute atomic E-state index is 0.852. The second-order valence-electron chi connectivity index (χ2n) is 4.82. The molecule has 1 aliphatic heterocycles. The number of thiophene rings is 1. The molecule has 0 fully saturated rings. The average Bonchev–Trinajstić information content (AvgIpc) is 2.65. The third-order valence-corrected chi connectivity index (χ3v) is 4.46. The normalized spacial score (nSPS) is 15.9. The summed E-state index contributed by atoms with van der Waals surface area (Å²) in [4.78, 5) is 14.1. The Hall–Kier alpha value is -1.20. The van der Waals surface area contributed by atoms with Gasteiger partial charge >= 0.3 is 0 Å². The van der Waals surface area contributed by atoms with Crippen molar-refractivity contribution < 1.29 is 0 Å². The van der Waals surface area contributed by atoms with Gasteiger partial charge in [-0.3, -0.25) is 0 Å². The van der Waals surface area contributed by atoms with Gasteiger partial charge in [0.05, 0.1) is 5.39 Å². The van der Waals surface area contributed by atoms with Crippen LogP contribution in [0.25, 0.3) is 10.2 Å². The fourth-order valence-corrected chi connectivity index (χ4v) is 3.87.